The zero-order valence-electron chi connectivity index (χ0n) is 10.6. The van der Waals surface area contributed by atoms with Crippen molar-refractivity contribution in [3.05, 3.63) is 44.2 Å². The van der Waals surface area contributed by atoms with E-state index in [1.54, 1.807) is 4.68 Å². The normalized spacial score (nSPS) is 11.2. The molecule has 1 N–H and O–H groups in total. The number of aromatic nitrogens is 5. The fourth-order valence-corrected chi connectivity index (χ4v) is 1.83. The van der Waals surface area contributed by atoms with Crippen molar-refractivity contribution in [3.8, 4) is 0 Å². The van der Waals surface area contributed by atoms with Crippen LogP contribution in [-0.4, -0.2) is 24.3 Å². The van der Waals surface area contributed by atoms with Gasteiger partial charge in [-0.1, -0.05) is 25.4 Å². The molecule has 102 valence electrons. The number of aromatic amines is 1. The zero-order chi connectivity index (χ0) is 14.0. The van der Waals surface area contributed by atoms with Gasteiger partial charge in [0, 0.05) is 12.7 Å². The predicted molar refractivity (Wildman–Crippen MR) is 70.3 cm³/mol. The number of H-pyrrole nitrogens is 1. The van der Waals surface area contributed by atoms with Crippen molar-refractivity contribution in [1.82, 2.24) is 24.3 Å². The third-order valence-electron chi connectivity index (χ3n) is 2.51. The second-order valence-electron chi connectivity index (χ2n) is 4.62. The van der Waals surface area contributed by atoms with E-state index in [1.807, 2.05) is 0 Å². The van der Waals surface area contributed by atoms with E-state index >= 15 is 0 Å². The largest absolute Gasteiger partial charge is 0.328 e. The Labute approximate surface area is 113 Å². The molecule has 2 aromatic rings. The first-order valence-electron chi connectivity index (χ1n) is 5.83. The van der Waals surface area contributed by atoms with Crippen LogP contribution in [0.15, 0.2) is 22.1 Å². The average Bonchev–Trinajstić information content (AvgIpc) is 2.72. The van der Waals surface area contributed by atoms with Crippen LogP contribution in [0.5, 0.6) is 0 Å². The van der Waals surface area contributed by atoms with Crippen LogP contribution in [0.4, 0.5) is 0 Å². The van der Waals surface area contributed by atoms with Gasteiger partial charge in [0.05, 0.1) is 6.54 Å². The summed E-state index contributed by atoms with van der Waals surface area (Å²) in [6.07, 6.45) is 2.74. The molecule has 7 nitrogen and oxygen atoms in total. The Bertz CT molecular complexity index is 685. The summed E-state index contributed by atoms with van der Waals surface area (Å²) in [5, 5.41) is 4.07. The van der Waals surface area contributed by atoms with Crippen molar-refractivity contribution in [1.29, 1.82) is 0 Å². The van der Waals surface area contributed by atoms with Gasteiger partial charge in [-0.05, 0) is 5.92 Å². The summed E-state index contributed by atoms with van der Waals surface area (Å²) >= 11 is 5.70. The van der Waals surface area contributed by atoms with Crippen molar-refractivity contribution in [2.75, 3.05) is 0 Å². The highest BCUT2D eigenvalue weighted by molar-refractivity contribution is 6.30. The summed E-state index contributed by atoms with van der Waals surface area (Å²) in [7, 11) is 0. The molecule has 0 saturated heterocycles. The van der Waals surface area contributed by atoms with Crippen LogP contribution in [0.2, 0.25) is 5.02 Å². The van der Waals surface area contributed by atoms with Gasteiger partial charge in [0.2, 0.25) is 0 Å². The Hall–Kier alpha value is -1.89. The molecule has 0 spiro atoms. The lowest BCUT2D eigenvalue weighted by Gasteiger charge is -2.09. The zero-order valence-corrected chi connectivity index (χ0v) is 11.4. The Balaban J connectivity index is 2.32. The number of hydrogen-bond donors (Lipinski definition) is 1. The number of halogens is 1. The number of nitrogens with zero attached hydrogens (tertiary/aromatic N) is 4. The van der Waals surface area contributed by atoms with E-state index in [4.69, 9.17) is 11.6 Å². The molecule has 0 aliphatic rings. The first-order valence-corrected chi connectivity index (χ1v) is 6.21. The van der Waals surface area contributed by atoms with Crippen molar-refractivity contribution in [2.24, 2.45) is 5.92 Å². The van der Waals surface area contributed by atoms with Crippen molar-refractivity contribution >= 4 is 11.6 Å². The minimum atomic E-state index is -0.591. The molecule has 0 aliphatic heterocycles. The molecule has 0 saturated carbocycles. The molecular weight excluding hydrogens is 270 g/mol. The van der Waals surface area contributed by atoms with Gasteiger partial charge in [-0.3, -0.25) is 14.3 Å². The number of rotatable bonds is 4. The first-order chi connectivity index (χ1) is 8.97. The molecule has 0 bridgehead atoms. The van der Waals surface area contributed by atoms with Crippen molar-refractivity contribution < 1.29 is 0 Å². The predicted octanol–water partition coefficient (Wildman–Crippen LogP) is 0.486. The maximum Gasteiger partial charge on any atom is 0.328 e. The van der Waals surface area contributed by atoms with E-state index in [9.17, 15) is 9.59 Å². The van der Waals surface area contributed by atoms with Crippen LogP contribution in [-0.2, 0) is 13.1 Å². The summed E-state index contributed by atoms with van der Waals surface area (Å²) in [5.41, 5.74) is -1.11. The van der Waals surface area contributed by atoms with Gasteiger partial charge in [-0.2, -0.15) is 5.10 Å². The maximum atomic E-state index is 11.6. The molecule has 0 unspecified atom stereocenters. The second-order valence-corrected chi connectivity index (χ2v) is 5.02. The topological polar surface area (TPSA) is 85.6 Å². The summed E-state index contributed by atoms with van der Waals surface area (Å²) in [5.74, 6) is 1.05. The van der Waals surface area contributed by atoms with Crippen molar-refractivity contribution in [3.63, 3.8) is 0 Å². The molecule has 0 radical (unpaired) electrons. The second kappa shape index (κ2) is 5.40. The molecule has 0 aliphatic carbocycles. The van der Waals surface area contributed by atoms with E-state index in [0.29, 0.717) is 18.3 Å². The smallest absolute Gasteiger partial charge is 0.291 e. The van der Waals surface area contributed by atoms with Crippen LogP contribution < -0.4 is 11.2 Å². The van der Waals surface area contributed by atoms with Gasteiger partial charge in [0.25, 0.3) is 5.56 Å². The number of nitrogens with one attached hydrogen (secondary N) is 1. The van der Waals surface area contributed by atoms with E-state index in [2.05, 4.69) is 28.9 Å². The van der Waals surface area contributed by atoms with Gasteiger partial charge >= 0.3 is 5.69 Å². The fourth-order valence-electron chi connectivity index (χ4n) is 1.66. The molecule has 19 heavy (non-hydrogen) atoms. The van der Waals surface area contributed by atoms with Gasteiger partial charge in [-0.15, -0.1) is 0 Å². The quantitative estimate of drug-likeness (QED) is 0.885. The highest BCUT2D eigenvalue weighted by atomic mass is 35.5. The molecule has 0 amide bonds. The summed E-state index contributed by atoms with van der Waals surface area (Å²) in [6, 6.07) is 0. The van der Waals surface area contributed by atoms with Gasteiger partial charge in [-0.25, -0.2) is 14.5 Å². The van der Waals surface area contributed by atoms with Gasteiger partial charge < -0.3 is 0 Å². The van der Waals surface area contributed by atoms with Gasteiger partial charge in [0.15, 0.2) is 0 Å². The monoisotopic (exact) mass is 283 g/mol. The Morgan fingerprint density at radius 2 is 2.16 bits per heavy atom. The summed E-state index contributed by atoms with van der Waals surface area (Å²) in [4.78, 5) is 29.1. The first kappa shape index (κ1) is 13.5. The fraction of sp³-hybridized carbons (Fsp3) is 0.455. The molecule has 2 rings (SSSR count). The van der Waals surface area contributed by atoms with E-state index in [0.717, 1.165) is 0 Å². The molecule has 0 fully saturated rings. The van der Waals surface area contributed by atoms with Gasteiger partial charge in [0.1, 0.15) is 17.2 Å². The summed E-state index contributed by atoms with van der Waals surface area (Å²) in [6.45, 7) is 5.05. The van der Waals surface area contributed by atoms with Crippen LogP contribution in [0, 0.1) is 5.92 Å². The molecule has 2 heterocycles. The number of hydrogen-bond acceptors (Lipinski definition) is 4. The highest BCUT2D eigenvalue weighted by Gasteiger charge is 2.09. The third kappa shape index (κ3) is 3.11. The summed E-state index contributed by atoms with van der Waals surface area (Å²) < 4.78 is 3.03. The van der Waals surface area contributed by atoms with E-state index < -0.39 is 11.2 Å². The van der Waals surface area contributed by atoms with Crippen LogP contribution in [0.1, 0.15) is 19.7 Å². The lowest BCUT2D eigenvalue weighted by molar-refractivity contribution is 0.459. The standard InChI is InChI=1S/C11H14ClN5O2/c1-7(2)3-17-9(13-6-14-17)5-16-4-8(12)10(18)15-11(16)19/h4,6-7H,3,5H2,1-2H3,(H,15,18,19). The SMILES string of the molecule is CC(C)Cn1ncnc1Cn1cc(Cl)c(=O)[nH]c1=O. The Kier molecular flexibility index (Phi) is 3.84. The van der Waals surface area contributed by atoms with Crippen LogP contribution in [0.3, 0.4) is 0 Å². The Morgan fingerprint density at radius 3 is 2.84 bits per heavy atom. The average molecular weight is 284 g/mol. The lowest BCUT2D eigenvalue weighted by atomic mass is 10.2. The molecule has 8 heteroatoms. The lowest BCUT2D eigenvalue weighted by Crippen LogP contribution is -2.30. The minimum absolute atomic E-state index is 0.0328. The minimum Gasteiger partial charge on any atom is -0.291 e. The highest BCUT2D eigenvalue weighted by Crippen LogP contribution is 2.03. The molecule has 2 aromatic heterocycles. The van der Waals surface area contributed by atoms with Crippen molar-refractivity contribution in [2.45, 2.75) is 26.9 Å². The van der Waals surface area contributed by atoms with E-state index in [1.165, 1.54) is 17.1 Å². The molecule has 0 aromatic carbocycles. The third-order valence-corrected chi connectivity index (χ3v) is 2.78. The Morgan fingerprint density at radius 1 is 1.42 bits per heavy atom. The van der Waals surface area contributed by atoms with E-state index in [-0.39, 0.29) is 11.6 Å². The van der Waals surface area contributed by atoms with Crippen LogP contribution >= 0.6 is 11.6 Å². The molecular formula is C11H14ClN5O2. The maximum absolute atomic E-state index is 11.6. The van der Waals surface area contributed by atoms with Crippen LogP contribution in [0.25, 0.3) is 0 Å². The molecule has 0 atom stereocenters.